The number of hydrogen-bond acceptors (Lipinski definition) is 6. The number of halogens is 1. The Kier molecular flexibility index (Phi) is 4.24. The molecule has 0 atom stereocenters. The molecule has 2 aromatic carbocycles. The number of rotatable bonds is 5. The summed E-state index contributed by atoms with van der Waals surface area (Å²) in [5.41, 5.74) is 3.57. The van der Waals surface area contributed by atoms with Crippen LogP contribution in [0, 0.1) is 5.82 Å². The maximum atomic E-state index is 13.0. The lowest BCUT2D eigenvalue weighted by molar-refractivity contribution is 0.299. The molecule has 0 saturated heterocycles. The molecule has 0 aliphatic carbocycles. The van der Waals surface area contributed by atoms with Gasteiger partial charge in [-0.05, 0) is 48.4 Å². The van der Waals surface area contributed by atoms with Gasteiger partial charge >= 0.3 is 0 Å². The van der Waals surface area contributed by atoms with E-state index in [1.165, 1.54) is 12.1 Å². The van der Waals surface area contributed by atoms with Gasteiger partial charge < -0.3 is 10.4 Å². The van der Waals surface area contributed by atoms with E-state index >= 15 is 0 Å². The van der Waals surface area contributed by atoms with Crippen molar-refractivity contribution in [2.75, 3.05) is 11.9 Å². The Morgan fingerprint density at radius 2 is 1.96 bits per heavy atom. The van der Waals surface area contributed by atoms with Crippen LogP contribution in [0.3, 0.4) is 0 Å². The van der Waals surface area contributed by atoms with E-state index in [4.69, 9.17) is 5.11 Å². The average molecular weight is 350 g/mol. The number of benzene rings is 2. The molecule has 0 amide bonds. The minimum Gasteiger partial charge on any atom is -0.396 e. The topological polar surface area (TPSA) is 88.8 Å². The Morgan fingerprint density at radius 1 is 1.12 bits per heavy atom. The van der Waals surface area contributed by atoms with Crippen LogP contribution in [0.1, 0.15) is 5.56 Å². The Hall–Kier alpha value is -3.39. The zero-order valence-corrected chi connectivity index (χ0v) is 13.7. The van der Waals surface area contributed by atoms with Crippen LogP contribution in [0.15, 0.2) is 54.7 Å². The van der Waals surface area contributed by atoms with Gasteiger partial charge in [-0.25, -0.2) is 9.37 Å². The monoisotopic (exact) mass is 350 g/mol. The Balaban J connectivity index is 1.70. The van der Waals surface area contributed by atoms with E-state index in [0.29, 0.717) is 29.2 Å². The predicted molar refractivity (Wildman–Crippen MR) is 94.9 cm³/mol. The van der Waals surface area contributed by atoms with E-state index in [9.17, 15) is 4.39 Å². The molecule has 26 heavy (non-hydrogen) atoms. The second-order valence-electron chi connectivity index (χ2n) is 5.68. The molecule has 0 bridgehead atoms. The summed E-state index contributed by atoms with van der Waals surface area (Å²) in [4.78, 5) is 8.69. The summed E-state index contributed by atoms with van der Waals surface area (Å²) in [5.74, 6) is 0.0520. The van der Waals surface area contributed by atoms with Gasteiger partial charge in [0.1, 0.15) is 5.82 Å². The summed E-state index contributed by atoms with van der Waals surface area (Å²) >= 11 is 0. The zero-order valence-electron chi connectivity index (χ0n) is 13.7. The number of hydrogen-bond donors (Lipinski definition) is 2. The van der Waals surface area contributed by atoms with Crippen LogP contribution in [0.5, 0.6) is 0 Å². The van der Waals surface area contributed by atoms with Gasteiger partial charge in [0, 0.05) is 12.3 Å². The minimum atomic E-state index is -0.308. The van der Waals surface area contributed by atoms with Crippen LogP contribution in [-0.4, -0.2) is 36.7 Å². The maximum Gasteiger partial charge on any atom is 0.229 e. The summed E-state index contributed by atoms with van der Waals surface area (Å²) in [6.07, 6.45) is 2.14. The standard InChI is InChI=1S/C18H15FN6O/c19-13-4-6-14(7-5-13)21-18-20-11-16-17(22-18)25(24-23-16)15-3-1-2-12(10-15)8-9-26/h1-7,10-11,26H,8-9H2,(H,20,21,22). The number of aromatic nitrogens is 5. The summed E-state index contributed by atoms with van der Waals surface area (Å²) in [7, 11) is 0. The quantitative estimate of drug-likeness (QED) is 0.575. The van der Waals surface area contributed by atoms with Crippen molar-refractivity contribution in [2.45, 2.75) is 6.42 Å². The van der Waals surface area contributed by atoms with Crippen molar-refractivity contribution in [2.24, 2.45) is 0 Å². The van der Waals surface area contributed by atoms with Gasteiger partial charge in [-0.3, -0.25) is 0 Å². The summed E-state index contributed by atoms with van der Waals surface area (Å²) in [6, 6.07) is 13.6. The first-order valence-corrected chi connectivity index (χ1v) is 8.04. The third-order valence-corrected chi connectivity index (χ3v) is 3.85. The van der Waals surface area contributed by atoms with Gasteiger partial charge in [-0.2, -0.15) is 9.67 Å². The number of nitrogens with zero attached hydrogens (tertiary/aromatic N) is 5. The van der Waals surface area contributed by atoms with Gasteiger partial charge in [0.2, 0.25) is 5.95 Å². The molecule has 2 heterocycles. The fourth-order valence-corrected chi connectivity index (χ4v) is 2.60. The number of nitrogens with one attached hydrogen (secondary N) is 1. The van der Waals surface area contributed by atoms with Crippen molar-refractivity contribution in [1.29, 1.82) is 0 Å². The molecule has 0 fully saturated rings. The SMILES string of the molecule is OCCc1cccc(-n2nnc3cnc(Nc4ccc(F)cc4)nc32)c1. The van der Waals surface area contributed by atoms with Crippen molar-refractivity contribution in [3.8, 4) is 5.69 Å². The molecule has 0 aliphatic rings. The summed E-state index contributed by atoms with van der Waals surface area (Å²) < 4.78 is 14.6. The third kappa shape index (κ3) is 3.22. The number of aliphatic hydroxyl groups excluding tert-OH is 1. The molecule has 130 valence electrons. The van der Waals surface area contributed by atoms with Gasteiger partial charge in [0.05, 0.1) is 11.9 Å². The fourth-order valence-electron chi connectivity index (χ4n) is 2.60. The molecule has 0 saturated carbocycles. The molecule has 0 unspecified atom stereocenters. The van der Waals surface area contributed by atoms with Crippen LogP contribution in [0.25, 0.3) is 16.9 Å². The van der Waals surface area contributed by atoms with Gasteiger partial charge in [-0.15, -0.1) is 5.10 Å². The summed E-state index contributed by atoms with van der Waals surface area (Å²) in [5, 5.41) is 20.4. The van der Waals surface area contributed by atoms with Crippen molar-refractivity contribution < 1.29 is 9.50 Å². The molecule has 0 spiro atoms. The molecule has 4 rings (SSSR count). The molecule has 2 N–H and O–H groups in total. The van der Waals surface area contributed by atoms with Crippen molar-refractivity contribution in [3.05, 3.63) is 66.1 Å². The maximum absolute atomic E-state index is 13.0. The largest absolute Gasteiger partial charge is 0.396 e. The van der Waals surface area contributed by atoms with E-state index in [1.807, 2.05) is 24.3 Å². The first-order chi connectivity index (χ1) is 12.7. The molecule has 2 aromatic heterocycles. The van der Waals surface area contributed by atoms with E-state index in [0.717, 1.165) is 11.3 Å². The second-order valence-corrected chi connectivity index (χ2v) is 5.68. The third-order valence-electron chi connectivity index (χ3n) is 3.85. The summed E-state index contributed by atoms with van der Waals surface area (Å²) in [6.45, 7) is 0.0788. The lowest BCUT2D eigenvalue weighted by Crippen LogP contribution is -2.02. The van der Waals surface area contributed by atoms with Gasteiger partial charge in [0.15, 0.2) is 11.2 Å². The molecular formula is C18H15FN6O. The lowest BCUT2D eigenvalue weighted by Gasteiger charge is -2.06. The van der Waals surface area contributed by atoms with Crippen LogP contribution in [0.4, 0.5) is 16.0 Å². The van der Waals surface area contributed by atoms with Crippen molar-refractivity contribution in [1.82, 2.24) is 25.0 Å². The van der Waals surface area contributed by atoms with Crippen LogP contribution in [0.2, 0.25) is 0 Å². The highest BCUT2D eigenvalue weighted by molar-refractivity contribution is 5.72. The van der Waals surface area contributed by atoms with Crippen LogP contribution < -0.4 is 5.32 Å². The minimum absolute atomic E-state index is 0.0788. The Morgan fingerprint density at radius 3 is 2.77 bits per heavy atom. The van der Waals surface area contributed by atoms with E-state index in [-0.39, 0.29) is 12.4 Å². The first-order valence-electron chi connectivity index (χ1n) is 8.04. The van der Waals surface area contributed by atoms with Crippen LogP contribution >= 0.6 is 0 Å². The molecule has 7 nitrogen and oxygen atoms in total. The predicted octanol–water partition coefficient (Wildman–Crippen LogP) is 2.63. The molecule has 0 aliphatic heterocycles. The number of anilines is 2. The zero-order chi connectivity index (χ0) is 17.9. The first kappa shape index (κ1) is 16.1. The van der Waals surface area contributed by atoms with Gasteiger partial charge in [0.25, 0.3) is 0 Å². The molecule has 8 heteroatoms. The number of aliphatic hydroxyl groups is 1. The van der Waals surface area contributed by atoms with Gasteiger partial charge in [-0.1, -0.05) is 17.3 Å². The van der Waals surface area contributed by atoms with E-state index < -0.39 is 0 Å². The van der Waals surface area contributed by atoms with E-state index in [1.54, 1.807) is 23.0 Å². The highest BCUT2D eigenvalue weighted by Crippen LogP contribution is 2.19. The lowest BCUT2D eigenvalue weighted by atomic mass is 10.1. The highest BCUT2D eigenvalue weighted by Gasteiger charge is 2.11. The Bertz CT molecular complexity index is 1050. The van der Waals surface area contributed by atoms with Crippen molar-refractivity contribution >= 4 is 22.8 Å². The van der Waals surface area contributed by atoms with Crippen molar-refractivity contribution in [3.63, 3.8) is 0 Å². The molecule has 0 radical (unpaired) electrons. The smallest absolute Gasteiger partial charge is 0.229 e. The van der Waals surface area contributed by atoms with Crippen LogP contribution in [-0.2, 0) is 6.42 Å². The molecule has 4 aromatic rings. The molecular weight excluding hydrogens is 335 g/mol. The average Bonchev–Trinajstić information content (AvgIpc) is 3.07. The second kappa shape index (κ2) is 6.85. The number of fused-ring (bicyclic) bond motifs is 1. The van der Waals surface area contributed by atoms with E-state index in [2.05, 4.69) is 25.6 Å². The normalized spacial score (nSPS) is 11.0. The fraction of sp³-hybridized carbons (Fsp3) is 0.111. The highest BCUT2D eigenvalue weighted by atomic mass is 19.1. The Labute approximate surface area is 148 Å².